The Morgan fingerprint density at radius 1 is 1.22 bits per heavy atom. The second-order valence-electron chi connectivity index (χ2n) is 6.52. The number of rotatable bonds is 5. The summed E-state index contributed by atoms with van der Waals surface area (Å²) in [6.45, 7) is 5.65. The lowest BCUT2D eigenvalue weighted by Gasteiger charge is -2.35. The molecule has 0 unspecified atom stereocenters. The molecule has 0 aromatic carbocycles. The van der Waals surface area contributed by atoms with Crippen molar-refractivity contribution in [2.45, 2.75) is 19.9 Å². The molecule has 2 amide bonds. The van der Waals surface area contributed by atoms with Crippen molar-refractivity contribution in [1.29, 1.82) is 0 Å². The molecule has 154 valence electrons. The number of anilines is 1. The monoisotopic (exact) mass is 422 g/mol. The van der Waals surface area contributed by atoms with Crippen LogP contribution in [0.1, 0.15) is 13.8 Å². The SMILES string of the molecule is CC(C)[C@H](N)C(=O)NCC(=O)N1CCN(c2nccn(C)c2=O)CC1.Cl.Cl. The van der Waals surface area contributed by atoms with Gasteiger partial charge in [0.25, 0.3) is 5.56 Å². The van der Waals surface area contributed by atoms with Gasteiger partial charge < -0.3 is 25.4 Å². The van der Waals surface area contributed by atoms with Gasteiger partial charge in [-0.1, -0.05) is 13.8 Å². The van der Waals surface area contributed by atoms with Crippen LogP contribution in [0.2, 0.25) is 0 Å². The molecule has 1 aromatic rings. The van der Waals surface area contributed by atoms with Gasteiger partial charge in [-0.2, -0.15) is 0 Å². The molecule has 1 aliphatic rings. The molecule has 11 heteroatoms. The number of piperazine rings is 1. The molecule has 2 rings (SSSR count). The highest BCUT2D eigenvalue weighted by molar-refractivity contribution is 5.87. The molecule has 2 heterocycles. The second-order valence-corrected chi connectivity index (χ2v) is 6.52. The van der Waals surface area contributed by atoms with Gasteiger partial charge in [-0.05, 0) is 5.92 Å². The van der Waals surface area contributed by atoms with Crippen LogP contribution in [0.4, 0.5) is 5.82 Å². The Labute approximate surface area is 171 Å². The standard InChI is InChI=1S/C16H26N6O3.2ClH/c1-11(2)13(17)15(24)19-10-12(23)21-6-8-22(9-7-21)14-16(25)20(3)5-4-18-14;;/h4-5,11,13H,6-10,17H2,1-3H3,(H,19,24);2*1H/t13-;;/m0../s1. The quantitative estimate of drug-likeness (QED) is 0.652. The lowest BCUT2D eigenvalue weighted by atomic mass is 10.1. The Bertz CT molecular complexity index is 689. The zero-order valence-corrected chi connectivity index (χ0v) is 17.4. The van der Waals surface area contributed by atoms with E-state index in [0.717, 1.165) is 0 Å². The second kappa shape index (κ2) is 11.1. The third kappa shape index (κ3) is 6.37. The molecule has 0 saturated carbocycles. The number of amides is 2. The first-order chi connectivity index (χ1) is 11.8. The Morgan fingerprint density at radius 3 is 2.37 bits per heavy atom. The van der Waals surface area contributed by atoms with E-state index in [1.165, 1.54) is 4.57 Å². The van der Waals surface area contributed by atoms with Gasteiger partial charge in [-0.15, -0.1) is 24.8 Å². The molecule has 1 aromatic heterocycles. The lowest BCUT2D eigenvalue weighted by molar-refractivity contribution is -0.133. The highest BCUT2D eigenvalue weighted by Crippen LogP contribution is 2.08. The minimum absolute atomic E-state index is 0. The Morgan fingerprint density at radius 2 is 1.81 bits per heavy atom. The van der Waals surface area contributed by atoms with E-state index in [2.05, 4.69) is 10.3 Å². The topological polar surface area (TPSA) is 114 Å². The van der Waals surface area contributed by atoms with E-state index >= 15 is 0 Å². The summed E-state index contributed by atoms with van der Waals surface area (Å²) in [5, 5.41) is 2.59. The van der Waals surface area contributed by atoms with Gasteiger partial charge >= 0.3 is 0 Å². The van der Waals surface area contributed by atoms with Crippen LogP contribution in [0.25, 0.3) is 0 Å². The van der Waals surface area contributed by atoms with Gasteiger partial charge in [0.05, 0.1) is 12.6 Å². The van der Waals surface area contributed by atoms with Gasteiger partial charge in [0.1, 0.15) is 0 Å². The number of carbonyl (C=O) groups is 2. The number of aromatic nitrogens is 2. The lowest BCUT2D eigenvalue weighted by Crippen LogP contribution is -2.53. The zero-order chi connectivity index (χ0) is 18.6. The molecule has 0 radical (unpaired) electrons. The van der Waals surface area contributed by atoms with Crippen LogP contribution in [-0.4, -0.2) is 65.0 Å². The van der Waals surface area contributed by atoms with Crippen molar-refractivity contribution >= 4 is 42.4 Å². The van der Waals surface area contributed by atoms with E-state index in [4.69, 9.17) is 5.73 Å². The van der Waals surface area contributed by atoms with Crippen molar-refractivity contribution in [3.63, 3.8) is 0 Å². The number of nitrogens with one attached hydrogen (secondary N) is 1. The van der Waals surface area contributed by atoms with Crippen molar-refractivity contribution in [3.05, 3.63) is 22.7 Å². The summed E-state index contributed by atoms with van der Waals surface area (Å²) in [5.74, 6) is -0.0650. The molecular formula is C16H28Cl2N6O3. The van der Waals surface area contributed by atoms with Gasteiger partial charge in [-0.3, -0.25) is 14.4 Å². The van der Waals surface area contributed by atoms with Crippen LogP contribution in [0, 0.1) is 5.92 Å². The minimum atomic E-state index is -0.620. The maximum Gasteiger partial charge on any atom is 0.293 e. The largest absolute Gasteiger partial charge is 0.348 e. The van der Waals surface area contributed by atoms with Crippen molar-refractivity contribution in [2.75, 3.05) is 37.6 Å². The number of nitrogens with zero attached hydrogens (tertiary/aromatic N) is 4. The molecule has 27 heavy (non-hydrogen) atoms. The smallest absolute Gasteiger partial charge is 0.293 e. The third-order valence-corrected chi connectivity index (χ3v) is 4.37. The number of carbonyl (C=O) groups excluding carboxylic acids is 2. The summed E-state index contributed by atoms with van der Waals surface area (Å²) < 4.78 is 1.48. The summed E-state index contributed by atoms with van der Waals surface area (Å²) in [7, 11) is 1.68. The van der Waals surface area contributed by atoms with E-state index in [-0.39, 0.29) is 54.7 Å². The first-order valence-electron chi connectivity index (χ1n) is 8.39. The fraction of sp³-hybridized carbons (Fsp3) is 0.625. The predicted octanol–water partition coefficient (Wildman–Crippen LogP) is -0.628. The zero-order valence-electron chi connectivity index (χ0n) is 15.8. The van der Waals surface area contributed by atoms with Crippen molar-refractivity contribution < 1.29 is 9.59 Å². The van der Waals surface area contributed by atoms with Gasteiger partial charge in [0.2, 0.25) is 11.8 Å². The molecule has 1 saturated heterocycles. The summed E-state index contributed by atoms with van der Waals surface area (Å²) in [4.78, 5) is 43.8. The predicted molar refractivity (Wildman–Crippen MR) is 109 cm³/mol. The summed E-state index contributed by atoms with van der Waals surface area (Å²) >= 11 is 0. The first-order valence-corrected chi connectivity index (χ1v) is 8.39. The average Bonchev–Trinajstić information content (AvgIpc) is 2.61. The maximum atomic E-state index is 12.2. The van der Waals surface area contributed by atoms with E-state index in [1.807, 2.05) is 18.7 Å². The summed E-state index contributed by atoms with van der Waals surface area (Å²) in [5.41, 5.74) is 5.60. The van der Waals surface area contributed by atoms with Crippen molar-refractivity contribution in [2.24, 2.45) is 18.7 Å². The summed E-state index contributed by atoms with van der Waals surface area (Å²) in [6.07, 6.45) is 3.19. The molecular weight excluding hydrogens is 395 g/mol. The minimum Gasteiger partial charge on any atom is -0.348 e. The van der Waals surface area contributed by atoms with Crippen LogP contribution >= 0.6 is 24.8 Å². The summed E-state index contributed by atoms with van der Waals surface area (Å²) in [6, 6.07) is -0.620. The van der Waals surface area contributed by atoms with E-state index in [9.17, 15) is 14.4 Å². The van der Waals surface area contributed by atoms with E-state index < -0.39 is 6.04 Å². The van der Waals surface area contributed by atoms with Gasteiger partial charge in [0, 0.05) is 45.6 Å². The maximum absolute atomic E-state index is 12.2. The van der Waals surface area contributed by atoms with Crippen LogP contribution < -0.4 is 21.5 Å². The molecule has 9 nitrogen and oxygen atoms in total. The van der Waals surface area contributed by atoms with Crippen molar-refractivity contribution in [1.82, 2.24) is 19.8 Å². The number of nitrogens with two attached hydrogens (primary N) is 1. The highest BCUT2D eigenvalue weighted by Gasteiger charge is 2.24. The van der Waals surface area contributed by atoms with Gasteiger partial charge in [0.15, 0.2) is 5.82 Å². The number of hydrogen-bond acceptors (Lipinski definition) is 6. The molecule has 0 aliphatic carbocycles. The number of halogens is 2. The molecule has 0 bridgehead atoms. The highest BCUT2D eigenvalue weighted by atomic mass is 35.5. The van der Waals surface area contributed by atoms with Crippen LogP contribution in [-0.2, 0) is 16.6 Å². The molecule has 1 fully saturated rings. The average molecular weight is 423 g/mol. The van der Waals surface area contributed by atoms with Crippen LogP contribution in [0.3, 0.4) is 0 Å². The Balaban J connectivity index is 0.00000338. The molecule has 1 atom stereocenters. The van der Waals surface area contributed by atoms with E-state index in [1.54, 1.807) is 24.3 Å². The molecule has 1 aliphatic heterocycles. The van der Waals surface area contributed by atoms with Gasteiger partial charge in [-0.25, -0.2) is 4.98 Å². The van der Waals surface area contributed by atoms with Crippen LogP contribution in [0.5, 0.6) is 0 Å². The number of hydrogen-bond donors (Lipinski definition) is 2. The third-order valence-electron chi connectivity index (χ3n) is 4.37. The molecule has 3 N–H and O–H groups in total. The fourth-order valence-corrected chi connectivity index (χ4v) is 2.56. The van der Waals surface area contributed by atoms with E-state index in [0.29, 0.717) is 32.0 Å². The first kappa shape index (κ1) is 25.2. The van der Waals surface area contributed by atoms with Crippen LogP contribution in [0.15, 0.2) is 17.2 Å². The molecule has 0 spiro atoms. The number of aryl methyl sites for hydroxylation is 1. The fourth-order valence-electron chi connectivity index (χ4n) is 2.56. The van der Waals surface area contributed by atoms with Crippen molar-refractivity contribution in [3.8, 4) is 0 Å². The normalized spacial score (nSPS) is 14.9. The Kier molecular flexibility index (Phi) is 10.3. The Hall–Kier alpha value is -1.84.